The number of nitrogens with two attached hydrogens (primary N) is 1. The molecule has 1 aromatic heterocycles. The first kappa shape index (κ1) is 7.28. The fraction of sp³-hybridized carbons (Fsp3) is 0.286. The number of thiocarbonyl (C=S) groups is 1. The predicted octanol–water partition coefficient (Wildman–Crippen LogP) is 1.14. The molecule has 10 heavy (non-hydrogen) atoms. The van der Waals surface area contributed by atoms with E-state index in [1.807, 2.05) is 22.9 Å². The Morgan fingerprint density at radius 1 is 1.80 bits per heavy atom. The van der Waals surface area contributed by atoms with Gasteiger partial charge in [0, 0.05) is 12.7 Å². The molecular weight excluding hydrogens is 144 g/mol. The highest BCUT2D eigenvalue weighted by molar-refractivity contribution is 7.80. The molecule has 1 rings (SSSR count). The molecule has 3 heteroatoms. The topological polar surface area (TPSA) is 30.9 Å². The normalized spacial score (nSPS) is 9.70. The van der Waals surface area contributed by atoms with Gasteiger partial charge in [0.2, 0.25) is 0 Å². The van der Waals surface area contributed by atoms with E-state index in [9.17, 15) is 0 Å². The third-order valence-corrected chi connectivity index (χ3v) is 1.63. The van der Waals surface area contributed by atoms with E-state index in [2.05, 4.69) is 6.92 Å². The zero-order chi connectivity index (χ0) is 7.56. The van der Waals surface area contributed by atoms with Crippen molar-refractivity contribution in [2.24, 2.45) is 5.73 Å². The molecule has 1 aromatic rings. The third kappa shape index (κ3) is 1.19. The van der Waals surface area contributed by atoms with E-state index in [0.717, 1.165) is 12.2 Å². The van der Waals surface area contributed by atoms with Crippen molar-refractivity contribution >= 4 is 17.2 Å². The fourth-order valence-corrected chi connectivity index (χ4v) is 1.10. The smallest absolute Gasteiger partial charge is 0.120 e. The van der Waals surface area contributed by atoms with Gasteiger partial charge in [0.15, 0.2) is 0 Å². The van der Waals surface area contributed by atoms with Gasteiger partial charge in [-0.3, -0.25) is 0 Å². The molecule has 2 N–H and O–H groups in total. The van der Waals surface area contributed by atoms with Crippen LogP contribution in [0.15, 0.2) is 18.3 Å². The third-order valence-electron chi connectivity index (χ3n) is 1.42. The van der Waals surface area contributed by atoms with Crippen LogP contribution < -0.4 is 5.73 Å². The first-order chi connectivity index (χ1) is 4.75. The maximum atomic E-state index is 5.45. The van der Waals surface area contributed by atoms with Crippen LogP contribution in [0.4, 0.5) is 0 Å². The van der Waals surface area contributed by atoms with E-state index >= 15 is 0 Å². The second kappa shape index (κ2) is 2.84. The van der Waals surface area contributed by atoms with Crippen molar-refractivity contribution in [2.75, 3.05) is 0 Å². The highest BCUT2D eigenvalue weighted by Gasteiger charge is 1.99. The summed E-state index contributed by atoms with van der Waals surface area (Å²) in [7, 11) is 0. The molecule has 0 saturated heterocycles. The van der Waals surface area contributed by atoms with Gasteiger partial charge in [0.1, 0.15) is 4.99 Å². The Bertz CT molecular complexity index is 240. The van der Waals surface area contributed by atoms with E-state index in [-0.39, 0.29) is 0 Å². The van der Waals surface area contributed by atoms with Gasteiger partial charge in [-0.25, -0.2) is 0 Å². The fourth-order valence-electron chi connectivity index (χ4n) is 0.914. The quantitative estimate of drug-likeness (QED) is 0.648. The molecule has 0 atom stereocenters. The first-order valence-electron chi connectivity index (χ1n) is 3.20. The number of aromatic nitrogens is 1. The number of rotatable bonds is 2. The van der Waals surface area contributed by atoms with Crippen LogP contribution in [0.5, 0.6) is 0 Å². The number of aryl methyl sites for hydroxylation is 1. The van der Waals surface area contributed by atoms with Crippen molar-refractivity contribution in [3.8, 4) is 0 Å². The molecule has 0 aliphatic carbocycles. The van der Waals surface area contributed by atoms with Crippen LogP contribution in [0.25, 0.3) is 0 Å². The summed E-state index contributed by atoms with van der Waals surface area (Å²) < 4.78 is 2.02. The molecule has 0 fully saturated rings. The molecule has 0 amide bonds. The van der Waals surface area contributed by atoms with Gasteiger partial charge in [-0.15, -0.1) is 0 Å². The first-order valence-corrected chi connectivity index (χ1v) is 3.61. The van der Waals surface area contributed by atoms with Crippen molar-refractivity contribution in [2.45, 2.75) is 13.5 Å². The maximum absolute atomic E-state index is 5.45. The van der Waals surface area contributed by atoms with Crippen LogP contribution in [0.2, 0.25) is 0 Å². The standard InChI is InChI=1S/C7H10N2S/c1-2-9-5-3-4-6(9)7(8)10/h3-5H,2H2,1H3,(H2,8,10). The van der Waals surface area contributed by atoms with Gasteiger partial charge >= 0.3 is 0 Å². The van der Waals surface area contributed by atoms with Crippen LogP contribution in [-0.2, 0) is 6.54 Å². The number of hydrogen-bond acceptors (Lipinski definition) is 1. The van der Waals surface area contributed by atoms with E-state index in [1.54, 1.807) is 0 Å². The van der Waals surface area contributed by atoms with Crippen molar-refractivity contribution < 1.29 is 0 Å². The van der Waals surface area contributed by atoms with Gasteiger partial charge in [-0.05, 0) is 19.1 Å². The van der Waals surface area contributed by atoms with Crippen LogP contribution in [-0.4, -0.2) is 9.56 Å². The molecule has 2 nitrogen and oxygen atoms in total. The predicted molar refractivity (Wildman–Crippen MR) is 46.0 cm³/mol. The molecule has 0 saturated carbocycles. The highest BCUT2D eigenvalue weighted by Crippen LogP contribution is 2.00. The zero-order valence-corrected chi connectivity index (χ0v) is 6.69. The van der Waals surface area contributed by atoms with E-state index < -0.39 is 0 Å². The molecule has 0 bridgehead atoms. The molecule has 0 aliphatic rings. The minimum atomic E-state index is 0.465. The Labute approximate surface area is 65.6 Å². The summed E-state index contributed by atoms with van der Waals surface area (Å²) in [5.74, 6) is 0. The molecule has 0 aromatic carbocycles. The summed E-state index contributed by atoms with van der Waals surface area (Å²) >= 11 is 4.83. The monoisotopic (exact) mass is 154 g/mol. The zero-order valence-electron chi connectivity index (χ0n) is 5.87. The van der Waals surface area contributed by atoms with Gasteiger partial charge in [-0.1, -0.05) is 12.2 Å². The Kier molecular flexibility index (Phi) is 2.06. The molecule has 1 heterocycles. The van der Waals surface area contributed by atoms with Crippen LogP contribution in [0.3, 0.4) is 0 Å². The van der Waals surface area contributed by atoms with Crippen LogP contribution in [0, 0.1) is 0 Å². The lowest BCUT2D eigenvalue weighted by atomic mass is 10.4. The average molecular weight is 154 g/mol. The molecule has 0 unspecified atom stereocenters. The van der Waals surface area contributed by atoms with E-state index in [1.165, 1.54) is 0 Å². The van der Waals surface area contributed by atoms with E-state index in [4.69, 9.17) is 18.0 Å². The Morgan fingerprint density at radius 3 is 2.90 bits per heavy atom. The second-order valence-electron chi connectivity index (χ2n) is 2.04. The Morgan fingerprint density at radius 2 is 2.50 bits per heavy atom. The van der Waals surface area contributed by atoms with Crippen molar-refractivity contribution in [3.63, 3.8) is 0 Å². The lowest BCUT2D eigenvalue weighted by Crippen LogP contribution is -2.14. The van der Waals surface area contributed by atoms with Crippen molar-refractivity contribution in [1.29, 1.82) is 0 Å². The van der Waals surface area contributed by atoms with Gasteiger partial charge in [0.25, 0.3) is 0 Å². The van der Waals surface area contributed by atoms with E-state index in [0.29, 0.717) is 4.99 Å². The van der Waals surface area contributed by atoms with Gasteiger partial charge < -0.3 is 10.3 Å². The van der Waals surface area contributed by atoms with Gasteiger partial charge in [0.05, 0.1) is 5.69 Å². The van der Waals surface area contributed by atoms with Crippen LogP contribution in [0.1, 0.15) is 12.6 Å². The Hall–Kier alpha value is -0.830. The second-order valence-corrected chi connectivity index (χ2v) is 2.48. The van der Waals surface area contributed by atoms with Gasteiger partial charge in [-0.2, -0.15) is 0 Å². The summed E-state index contributed by atoms with van der Waals surface area (Å²) in [6.07, 6.45) is 1.97. The molecule has 0 spiro atoms. The molecular formula is C7H10N2S. The van der Waals surface area contributed by atoms with Crippen molar-refractivity contribution in [1.82, 2.24) is 4.57 Å². The molecule has 0 radical (unpaired) electrons. The largest absolute Gasteiger partial charge is 0.388 e. The summed E-state index contributed by atoms with van der Waals surface area (Å²) in [4.78, 5) is 0.465. The number of hydrogen-bond donors (Lipinski definition) is 1. The lowest BCUT2D eigenvalue weighted by molar-refractivity contribution is 0.762. The highest BCUT2D eigenvalue weighted by atomic mass is 32.1. The molecule has 54 valence electrons. The number of nitrogens with zero attached hydrogens (tertiary/aromatic N) is 1. The summed E-state index contributed by atoms with van der Waals surface area (Å²) in [6, 6.07) is 3.86. The maximum Gasteiger partial charge on any atom is 0.120 e. The Balaban J connectivity index is 3.01. The lowest BCUT2D eigenvalue weighted by Gasteiger charge is -2.02. The SMILES string of the molecule is CCn1cccc1C(N)=S. The molecule has 0 aliphatic heterocycles. The average Bonchev–Trinajstić information content (AvgIpc) is 2.33. The minimum absolute atomic E-state index is 0.465. The minimum Gasteiger partial charge on any atom is -0.388 e. The summed E-state index contributed by atoms with van der Waals surface area (Å²) in [6.45, 7) is 2.97. The van der Waals surface area contributed by atoms with Crippen LogP contribution >= 0.6 is 12.2 Å². The summed E-state index contributed by atoms with van der Waals surface area (Å²) in [5, 5.41) is 0. The van der Waals surface area contributed by atoms with Crippen molar-refractivity contribution in [3.05, 3.63) is 24.0 Å². The summed E-state index contributed by atoms with van der Waals surface area (Å²) in [5.41, 5.74) is 6.39.